The minimum Gasteiger partial charge on any atom is -0.489 e. The van der Waals surface area contributed by atoms with Crippen molar-refractivity contribution in [2.45, 2.75) is 6.61 Å². The highest BCUT2D eigenvalue weighted by Crippen LogP contribution is 2.19. The second kappa shape index (κ2) is 6.63. The Labute approximate surface area is 117 Å². The van der Waals surface area contributed by atoms with Gasteiger partial charge in [0, 0.05) is 16.7 Å². The summed E-state index contributed by atoms with van der Waals surface area (Å²) in [6.45, 7) is 0.422. The Morgan fingerprint density at radius 3 is 2.79 bits per heavy atom. The van der Waals surface area contributed by atoms with Gasteiger partial charge in [0.05, 0.1) is 6.07 Å². The average molecular weight is 270 g/mol. The molecule has 94 valence electrons. The van der Waals surface area contributed by atoms with Crippen molar-refractivity contribution >= 4 is 17.7 Å². The molecule has 0 saturated carbocycles. The van der Waals surface area contributed by atoms with Crippen LogP contribution in [0.2, 0.25) is 5.02 Å². The standard InChI is InChI=1S/C16H12ClNO/c17-16-9-2-1-7-14(16)12-19-15-8-3-5-13(11-15)6-4-10-18/h1-9,11H,12H2/b6-4+. The van der Waals surface area contributed by atoms with Crippen LogP contribution >= 0.6 is 11.6 Å². The lowest BCUT2D eigenvalue weighted by Crippen LogP contribution is -1.96. The second-order valence-corrected chi connectivity index (χ2v) is 4.32. The monoisotopic (exact) mass is 269 g/mol. The summed E-state index contributed by atoms with van der Waals surface area (Å²) in [6, 6.07) is 17.1. The Hall–Kier alpha value is -2.24. The molecule has 0 fully saturated rings. The smallest absolute Gasteiger partial charge is 0.120 e. The van der Waals surface area contributed by atoms with E-state index in [9.17, 15) is 0 Å². The Balaban J connectivity index is 2.06. The van der Waals surface area contributed by atoms with E-state index in [4.69, 9.17) is 21.6 Å². The summed E-state index contributed by atoms with van der Waals surface area (Å²) in [5.74, 6) is 0.750. The third kappa shape index (κ3) is 3.87. The average Bonchev–Trinajstić information content (AvgIpc) is 2.45. The van der Waals surface area contributed by atoms with E-state index in [0.29, 0.717) is 11.6 Å². The summed E-state index contributed by atoms with van der Waals surface area (Å²) in [5.41, 5.74) is 1.88. The zero-order valence-electron chi connectivity index (χ0n) is 10.2. The van der Waals surface area contributed by atoms with Gasteiger partial charge in [-0.25, -0.2) is 0 Å². The zero-order valence-corrected chi connectivity index (χ0v) is 11.0. The fraction of sp³-hybridized carbons (Fsp3) is 0.0625. The van der Waals surface area contributed by atoms with Crippen molar-refractivity contribution in [1.29, 1.82) is 5.26 Å². The van der Waals surface area contributed by atoms with Gasteiger partial charge in [-0.3, -0.25) is 0 Å². The highest BCUT2D eigenvalue weighted by molar-refractivity contribution is 6.31. The molecule has 0 aliphatic rings. The number of hydrogen-bond acceptors (Lipinski definition) is 2. The summed E-state index contributed by atoms with van der Waals surface area (Å²) < 4.78 is 5.69. The molecule has 0 N–H and O–H groups in total. The van der Waals surface area contributed by atoms with Crippen LogP contribution in [-0.4, -0.2) is 0 Å². The fourth-order valence-corrected chi connectivity index (χ4v) is 1.81. The van der Waals surface area contributed by atoms with Gasteiger partial charge in [0.1, 0.15) is 12.4 Å². The SMILES string of the molecule is N#C/C=C/c1cccc(OCc2ccccc2Cl)c1. The molecule has 0 aromatic heterocycles. The molecule has 0 spiro atoms. The summed E-state index contributed by atoms with van der Waals surface area (Å²) in [6.07, 6.45) is 3.18. The lowest BCUT2D eigenvalue weighted by molar-refractivity contribution is 0.306. The van der Waals surface area contributed by atoms with Crippen LogP contribution < -0.4 is 4.74 Å². The Morgan fingerprint density at radius 1 is 1.16 bits per heavy atom. The highest BCUT2D eigenvalue weighted by Gasteiger charge is 2.00. The van der Waals surface area contributed by atoms with E-state index in [1.54, 1.807) is 6.08 Å². The first-order valence-corrected chi connectivity index (χ1v) is 6.20. The van der Waals surface area contributed by atoms with E-state index in [1.807, 2.05) is 54.6 Å². The topological polar surface area (TPSA) is 33.0 Å². The number of rotatable bonds is 4. The maximum atomic E-state index is 8.50. The summed E-state index contributed by atoms with van der Waals surface area (Å²) >= 11 is 6.06. The number of hydrogen-bond donors (Lipinski definition) is 0. The third-order valence-electron chi connectivity index (χ3n) is 2.56. The molecule has 0 saturated heterocycles. The maximum absolute atomic E-state index is 8.50. The first-order valence-electron chi connectivity index (χ1n) is 5.82. The number of nitrogens with zero attached hydrogens (tertiary/aromatic N) is 1. The van der Waals surface area contributed by atoms with Crippen LogP contribution in [0.15, 0.2) is 54.6 Å². The predicted octanol–water partition coefficient (Wildman–Crippen LogP) is 4.46. The number of ether oxygens (including phenoxy) is 1. The number of benzene rings is 2. The molecule has 0 aliphatic carbocycles. The largest absolute Gasteiger partial charge is 0.489 e. The van der Waals surface area contributed by atoms with Crippen molar-refractivity contribution in [3.8, 4) is 11.8 Å². The van der Waals surface area contributed by atoms with Crippen molar-refractivity contribution in [2.24, 2.45) is 0 Å². The van der Waals surface area contributed by atoms with Crippen LogP contribution in [-0.2, 0) is 6.61 Å². The molecule has 2 rings (SSSR count). The minimum atomic E-state index is 0.422. The zero-order chi connectivity index (χ0) is 13.5. The summed E-state index contributed by atoms with van der Waals surface area (Å²) in [4.78, 5) is 0. The van der Waals surface area contributed by atoms with Crippen LogP contribution in [0.5, 0.6) is 5.75 Å². The molecule has 0 amide bonds. The van der Waals surface area contributed by atoms with Gasteiger partial charge < -0.3 is 4.74 Å². The van der Waals surface area contributed by atoms with Crippen LogP contribution in [0.4, 0.5) is 0 Å². The molecule has 0 unspecified atom stereocenters. The molecule has 0 radical (unpaired) electrons. The van der Waals surface area contributed by atoms with Crippen molar-refractivity contribution in [2.75, 3.05) is 0 Å². The van der Waals surface area contributed by atoms with Crippen LogP contribution in [0.1, 0.15) is 11.1 Å². The van der Waals surface area contributed by atoms with Crippen LogP contribution in [0, 0.1) is 11.3 Å². The lowest BCUT2D eigenvalue weighted by atomic mass is 10.2. The van der Waals surface area contributed by atoms with Gasteiger partial charge in [0.2, 0.25) is 0 Å². The summed E-state index contributed by atoms with van der Waals surface area (Å²) in [5, 5.41) is 9.19. The van der Waals surface area contributed by atoms with Gasteiger partial charge in [0.25, 0.3) is 0 Å². The molecule has 2 nitrogen and oxygen atoms in total. The summed E-state index contributed by atoms with van der Waals surface area (Å²) in [7, 11) is 0. The van der Waals surface area contributed by atoms with Gasteiger partial charge in [-0.1, -0.05) is 41.9 Å². The van der Waals surface area contributed by atoms with E-state index in [1.165, 1.54) is 6.08 Å². The van der Waals surface area contributed by atoms with Crippen molar-refractivity contribution in [1.82, 2.24) is 0 Å². The van der Waals surface area contributed by atoms with Crippen LogP contribution in [0.3, 0.4) is 0 Å². The molecule has 0 aliphatic heterocycles. The van der Waals surface area contributed by atoms with Crippen LogP contribution in [0.25, 0.3) is 6.08 Å². The van der Waals surface area contributed by atoms with E-state index >= 15 is 0 Å². The molecule has 2 aromatic carbocycles. The van der Waals surface area contributed by atoms with Crippen molar-refractivity contribution in [3.05, 3.63) is 70.8 Å². The first kappa shape index (κ1) is 13.2. The highest BCUT2D eigenvalue weighted by atomic mass is 35.5. The van der Waals surface area contributed by atoms with Crippen molar-refractivity contribution < 1.29 is 4.74 Å². The third-order valence-corrected chi connectivity index (χ3v) is 2.93. The Bertz CT molecular complexity index is 629. The number of nitriles is 1. The molecule has 0 atom stereocenters. The number of allylic oxidation sites excluding steroid dienone is 1. The molecular weight excluding hydrogens is 258 g/mol. The van der Waals surface area contributed by atoms with E-state index in [-0.39, 0.29) is 0 Å². The van der Waals surface area contributed by atoms with Gasteiger partial charge in [0.15, 0.2) is 0 Å². The normalized spacial score (nSPS) is 10.3. The van der Waals surface area contributed by atoms with Gasteiger partial charge >= 0.3 is 0 Å². The Kier molecular flexibility index (Phi) is 4.60. The Morgan fingerprint density at radius 2 is 2.00 bits per heavy atom. The lowest BCUT2D eigenvalue weighted by Gasteiger charge is -2.08. The minimum absolute atomic E-state index is 0.422. The van der Waals surface area contributed by atoms with Crippen molar-refractivity contribution in [3.63, 3.8) is 0 Å². The molecule has 2 aromatic rings. The first-order chi connectivity index (χ1) is 9.29. The van der Waals surface area contributed by atoms with E-state index in [2.05, 4.69) is 0 Å². The second-order valence-electron chi connectivity index (χ2n) is 3.92. The maximum Gasteiger partial charge on any atom is 0.120 e. The van der Waals surface area contributed by atoms with Gasteiger partial charge in [-0.2, -0.15) is 5.26 Å². The predicted molar refractivity (Wildman–Crippen MR) is 76.9 cm³/mol. The quantitative estimate of drug-likeness (QED) is 0.768. The van der Waals surface area contributed by atoms with Gasteiger partial charge in [-0.15, -0.1) is 0 Å². The molecule has 0 heterocycles. The molecule has 0 bridgehead atoms. The number of halogens is 1. The molecule has 19 heavy (non-hydrogen) atoms. The van der Waals surface area contributed by atoms with E-state index < -0.39 is 0 Å². The van der Waals surface area contributed by atoms with E-state index in [0.717, 1.165) is 16.9 Å². The molecule has 3 heteroatoms. The molecular formula is C16H12ClNO. The van der Waals surface area contributed by atoms with Gasteiger partial charge in [-0.05, 0) is 29.8 Å². The fourth-order valence-electron chi connectivity index (χ4n) is 1.62.